The minimum absolute atomic E-state index is 0.0356. The van der Waals surface area contributed by atoms with Gasteiger partial charge >= 0.3 is 0 Å². The highest BCUT2D eigenvalue weighted by atomic mass is 79.9. The Morgan fingerprint density at radius 1 is 1.44 bits per heavy atom. The van der Waals surface area contributed by atoms with Gasteiger partial charge in [-0.1, -0.05) is 17.8 Å². The normalized spacial score (nSPS) is 17.9. The number of benzene rings is 1. The number of aromatic nitrogens is 2. The van der Waals surface area contributed by atoms with Gasteiger partial charge in [0.15, 0.2) is 5.16 Å². The molecule has 1 aliphatic heterocycles. The summed E-state index contributed by atoms with van der Waals surface area (Å²) in [5, 5.41) is 3.62. The van der Waals surface area contributed by atoms with Crippen LogP contribution in [0.1, 0.15) is 36.7 Å². The first-order chi connectivity index (χ1) is 12.8. The largest absolute Gasteiger partial charge is 0.376 e. The number of rotatable bonds is 6. The molecular weight excluding hydrogens is 426 g/mol. The predicted molar refractivity (Wildman–Crippen MR) is 114 cm³/mol. The van der Waals surface area contributed by atoms with Crippen LogP contribution in [-0.4, -0.2) is 33.4 Å². The Morgan fingerprint density at radius 3 is 2.89 bits per heavy atom. The summed E-state index contributed by atoms with van der Waals surface area (Å²) in [6.07, 6.45) is 2.44. The van der Waals surface area contributed by atoms with E-state index >= 15 is 0 Å². The highest BCUT2D eigenvalue weighted by molar-refractivity contribution is 9.10. The van der Waals surface area contributed by atoms with E-state index in [9.17, 15) is 4.79 Å². The monoisotopic (exact) mass is 451 g/mol. The van der Waals surface area contributed by atoms with Crippen LogP contribution < -0.4 is 5.32 Å². The van der Waals surface area contributed by atoms with E-state index in [0.29, 0.717) is 0 Å². The molecule has 146 valence electrons. The van der Waals surface area contributed by atoms with Crippen LogP contribution >= 0.6 is 27.7 Å². The zero-order valence-electron chi connectivity index (χ0n) is 16.2. The summed E-state index contributed by atoms with van der Waals surface area (Å²) in [7, 11) is 0. The molecule has 1 N–H and O–H groups in total. The number of nitrogens with one attached hydrogen (secondary N) is 1. The molecule has 0 bridgehead atoms. The van der Waals surface area contributed by atoms with Crippen molar-refractivity contribution < 1.29 is 9.53 Å². The highest BCUT2D eigenvalue weighted by Gasteiger charge is 2.23. The van der Waals surface area contributed by atoms with Gasteiger partial charge in [0.2, 0.25) is 5.91 Å². The lowest BCUT2D eigenvalue weighted by Crippen LogP contribution is -2.24. The second-order valence-electron chi connectivity index (χ2n) is 7.04. The number of amides is 1. The van der Waals surface area contributed by atoms with Crippen molar-refractivity contribution in [2.24, 2.45) is 0 Å². The van der Waals surface area contributed by atoms with Gasteiger partial charge in [0.1, 0.15) is 0 Å². The summed E-state index contributed by atoms with van der Waals surface area (Å²) < 4.78 is 8.87. The van der Waals surface area contributed by atoms with Crippen molar-refractivity contribution in [3.63, 3.8) is 0 Å². The van der Waals surface area contributed by atoms with Gasteiger partial charge < -0.3 is 14.6 Å². The van der Waals surface area contributed by atoms with E-state index in [1.807, 2.05) is 39.0 Å². The molecule has 2 atom stereocenters. The van der Waals surface area contributed by atoms with Crippen molar-refractivity contribution in [3.05, 3.63) is 39.6 Å². The molecule has 27 heavy (non-hydrogen) atoms. The van der Waals surface area contributed by atoms with E-state index < -0.39 is 0 Å². The molecule has 0 spiro atoms. The van der Waals surface area contributed by atoms with Crippen LogP contribution in [0.2, 0.25) is 0 Å². The zero-order chi connectivity index (χ0) is 19.6. The Kier molecular flexibility index (Phi) is 6.65. The molecule has 1 aromatic carbocycles. The van der Waals surface area contributed by atoms with Gasteiger partial charge in [0, 0.05) is 16.8 Å². The number of aryl methyl sites for hydroxylation is 2. The standard InChI is InChI=1S/C20H26BrN3O2S/c1-12-7-8-18(17(21)10-12)23-19(25)15(4)27-20-22-13(2)14(3)24(20)11-16-6-5-9-26-16/h7-8,10,15-16H,5-6,9,11H2,1-4H3,(H,23,25). The van der Waals surface area contributed by atoms with Crippen molar-refractivity contribution in [2.75, 3.05) is 11.9 Å². The third-order valence-corrected chi connectivity index (χ3v) is 6.61. The van der Waals surface area contributed by atoms with Gasteiger partial charge in [-0.05, 0) is 74.2 Å². The smallest absolute Gasteiger partial charge is 0.237 e. The molecule has 3 rings (SSSR count). The summed E-state index contributed by atoms with van der Waals surface area (Å²) in [6.45, 7) is 9.66. The number of thioether (sulfide) groups is 1. The Hall–Kier alpha value is -1.31. The zero-order valence-corrected chi connectivity index (χ0v) is 18.6. The second kappa shape index (κ2) is 8.80. The Balaban J connectivity index is 1.70. The lowest BCUT2D eigenvalue weighted by molar-refractivity contribution is -0.115. The molecular formula is C20H26BrN3O2S. The summed E-state index contributed by atoms with van der Waals surface area (Å²) in [5.74, 6) is -0.0356. The molecule has 2 unspecified atom stereocenters. The minimum Gasteiger partial charge on any atom is -0.376 e. The number of hydrogen-bond acceptors (Lipinski definition) is 4. The van der Waals surface area contributed by atoms with Crippen molar-refractivity contribution in [3.8, 4) is 0 Å². The molecule has 1 aromatic heterocycles. The van der Waals surface area contributed by atoms with Crippen molar-refractivity contribution in [1.29, 1.82) is 0 Å². The van der Waals surface area contributed by atoms with E-state index in [2.05, 4.69) is 32.7 Å². The molecule has 0 radical (unpaired) electrons. The fraction of sp³-hybridized carbons (Fsp3) is 0.500. The number of nitrogens with zero attached hydrogens (tertiary/aromatic N) is 2. The number of carbonyl (C=O) groups is 1. The van der Waals surface area contributed by atoms with Gasteiger partial charge in [0.25, 0.3) is 0 Å². The van der Waals surface area contributed by atoms with Crippen molar-refractivity contribution >= 4 is 39.3 Å². The third-order valence-electron chi connectivity index (χ3n) is 4.87. The summed E-state index contributed by atoms with van der Waals surface area (Å²) in [4.78, 5) is 17.4. The van der Waals surface area contributed by atoms with Crippen LogP contribution in [0.15, 0.2) is 27.8 Å². The number of ether oxygens (including phenoxy) is 1. The van der Waals surface area contributed by atoms with E-state index in [1.54, 1.807) is 0 Å². The van der Waals surface area contributed by atoms with Crippen LogP contribution in [-0.2, 0) is 16.1 Å². The van der Waals surface area contributed by atoms with Crippen LogP contribution in [0.5, 0.6) is 0 Å². The van der Waals surface area contributed by atoms with E-state index in [4.69, 9.17) is 9.72 Å². The summed E-state index contributed by atoms with van der Waals surface area (Å²) in [5.41, 5.74) is 4.07. The van der Waals surface area contributed by atoms with E-state index in [0.717, 1.165) is 58.3 Å². The van der Waals surface area contributed by atoms with Crippen molar-refractivity contribution in [1.82, 2.24) is 9.55 Å². The SMILES string of the molecule is Cc1ccc(NC(=O)C(C)Sc2nc(C)c(C)n2CC2CCCO2)c(Br)c1. The predicted octanol–water partition coefficient (Wildman–Crippen LogP) is 4.87. The molecule has 0 saturated carbocycles. The lowest BCUT2D eigenvalue weighted by Gasteiger charge is -2.17. The molecule has 2 heterocycles. The molecule has 1 saturated heterocycles. The second-order valence-corrected chi connectivity index (χ2v) is 9.21. The molecule has 2 aromatic rings. The van der Waals surface area contributed by atoms with Crippen LogP contribution in [0, 0.1) is 20.8 Å². The lowest BCUT2D eigenvalue weighted by atomic mass is 10.2. The van der Waals surface area contributed by atoms with Gasteiger partial charge in [-0.15, -0.1) is 0 Å². The number of hydrogen-bond donors (Lipinski definition) is 1. The minimum atomic E-state index is -0.261. The van der Waals surface area contributed by atoms with Gasteiger partial charge in [-0.3, -0.25) is 4.79 Å². The number of carbonyl (C=O) groups excluding carboxylic acids is 1. The number of imidazole rings is 1. The average Bonchev–Trinajstić information content (AvgIpc) is 3.22. The van der Waals surface area contributed by atoms with E-state index in [-0.39, 0.29) is 17.3 Å². The van der Waals surface area contributed by atoms with Gasteiger partial charge in [0.05, 0.1) is 29.3 Å². The Labute approximate surface area is 173 Å². The maximum atomic E-state index is 12.7. The summed E-state index contributed by atoms with van der Waals surface area (Å²) >= 11 is 5.01. The first kappa shape index (κ1) is 20.4. The molecule has 1 fully saturated rings. The summed E-state index contributed by atoms with van der Waals surface area (Å²) in [6, 6.07) is 5.90. The molecule has 1 aliphatic rings. The average molecular weight is 452 g/mol. The molecule has 7 heteroatoms. The van der Waals surface area contributed by atoms with Crippen LogP contribution in [0.25, 0.3) is 0 Å². The van der Waals surface area contributed by atoms with Crippen LogP contribution in [0.3, 0.4) is 0 Å². The highest BCUT2D eigenvalue weighted by Crippen LogP contribution is 2.29. The maximum Gasteiger partial charge on any atom is 0.237 e. The first-order valence-electron chi connectivity index (χ1n) is 9.24. The first-order valence-corrected chi connectivity index (χ1v) is 10.9. The number of halogens is 1. The van der Waals surface area contributed by atoms with Gasteiger partial charge in [-0.25, -0.2) is 4.98 Å². The Morgan fingerprint density at radius 2 is 2.22 bits per heavy atom. The topological polar surface area (TPSA) is 56.2 Å². The molecule has 5 nitrogen and oxygen atoms in total. The maximum absolute atomic E-state index is 12.7. The van der Waals surface area contributed by atoms with Gasteiger partial charge in [-0.2, -0.15) is 0 Å². The van der Waals surface area contributed by atoms with E-state index in [1.165, 1.54) is 11.8 Å². The van der Waals surface area contributed by atoms with Crippen molar-refractivity contribution in [2.45, 2.75) is 63.6 Å². The fourth-order valence-electron chi connectivity index (χ4n) is 3.09. The number of anilines is 1. The third kappa shape index (κ3) is 4.95. The fourth-order valence-corrected chi connectivity index (χ4v) is 4.69. The Bertz CT molecular complexity index is 831. The quantitative estimate of drug-likeness (QED) is 0.636. The molecule has 1 amide bonds. The molecule has 0 aliphatic carbocycles. The van der Waals surface area contributed by atoms with Crippen LogP contribution in [0.4, 0.5) is 5.69 Å².